The zero-order chi connectivity index (χ0) is 20.6. The van der Waals surface area contributed by atoms with Crippen molar-refractivity contribution in [3.05, 3.63) is 0 Å². The van der Waals surface area contributed by atoms with Crippen molar-refractivity contribution in [1.82, 2.24) is 5.32 Å². The molecule has 0 aliphatic heterocycles. The van der Waals surface area contributed by atoms with Gasteiger partial charge in [-0.05, 0) is 55.3 Å². The number of aliphatic hydroxyl groups is 1. The van der Waals surface area contributed by atoms with Crippen LogP contribution in [0, 0.1) is 23.2 Å². The molecule has 5 unspecified atom stereocenters. The summed E-state index contributed by atoms with van der Waals surface area (Å²) in [5, 5.41) is 12.8. The van der Waals surface area contributed by atoms with Gasteiger partial charge in [0, 0.05) is 13.2 Å². The first kappa shape index (κ1) is 23.1. The van der Waals surface area contributed by atoms with Crippen LogP contribution in [0.4, 0.5) is 0 Å². The number of rotatable bonds is 13. The Kier molecular flexibility index (Phi) is 9.22. The molecular weight excluding hydrogens is 358 g/mol. The first-order valence-electron chi connectivity index (χ1n) is 11.1. The molecule has 0 saturated heterocycles. The fourth-order valence-electron chi connectivity index (χ4n) is 4.81. The van der Waals surface area contributed by atoms with Gasteiger partial charge in [0.05, 0.1) is 19.6 Å². The normalized spacial score (nSPS) is 29.6. The fourth-order valence-corrected chi connectivity index (χ4v) is 4.81. The summed E-state index contributed by atoms with van der Waals surface area (Å²) in [6.45, 7) is 8.10. The molecule has 6 heteroatoms. The second kappa shape index (κ2) is 11.1. The Morgan fingerprint density at radius 2 is 1.82 bits per heavy atom. The molecule has 0 radical (unpaired) electrons. The van der Waals surface area contributed by atoms with Gasteiger partial charge >= 0.3 is 11.9 Å². The Balaban J connectivity index is 1.89. The van der Waals surface area contributed by atoms with Crippen LogP contribution in [0.3, 0.4) is 0 Å². The molecule has 2 aliphatic rings. The topological polar surface area (TPSA) is 84.9 Å². The Labute approximate surface area is 169 Å². The minimum Gasteiger partial charge on any atom is -0.466 e. The molecule has 0 aromatic heterocycles. The molecule has 0 aromatic carbocycles. The van der Waals surface area contributed by atoms with Gasteiger partial charge in [-0.1, -0.05) is 33.6 Å². The number of hydrogen-bond acceptors (Lipinski definition) is 6. The Bertz CT molecular complexity index is 511. The lowest BCUT2D eigenvalue weighted by atomic mass is 9.71. The van der Waals surface area contributed by atoms with Crippen LogP contribution in [0.15, 0.2) is 0 Å². The van der Waals surface area contributed by atoms with Crippen LogP contribution in [-0.2, 0) is 19.1 Å². The molecule has 2 fully saturated rings. The summed E-state index contributed by atoms with van der Waals surface area (Å²) in [6, 6.07) is -0.657. The molecule has 0 aromatic rings. The molecule has 2 aliphatic carbocycles. The van der Waals surface area contributed by atoms with E-state index >= 15 is 0 Å². The van der Waals surface area contributed by atoms with Crippen LogP contribution in [0.2, 0.25) is 0 Å². The first-order chi connectivity index (χ1) is 13.4. The van der Waals surface area contributed by atoms with Gasteiger partial charge in [0.25, 0.3) is 0 Å². The number of ether oxygens (including phenoxy) is 2. The van der Waals surface area contributed by atoms with Crippen molar-refractivity contribution in [2.24, 2.45) is 23.2 Å². The number of esters is 2. The number of nitrogens with one attached hydrogen (secondary N) is 1. The van der Waals surface area contributed by atoms with Gasteiger partial charge in [-0.3, -0.25) is 9.59 Å². The highest BCUT2D eigenvalue weighted by atomic mass is 16.5. The molecule has 2 N–H and O–H groups in total. The summed E-state index contributed by atoms with van der Waals surface area (Å²) in [6.07, 6.45) is 6.87. The zero-order valence-electron chi connectivity index (χ0n) is 17.9. The van der Waals surface area contributed by atoms with Crippen LogP contribution in [0.25, 0.3) is 0 Å². The third kappa shape index (κ3) is 6.18. The summed E-state index contributed by atoms with van der Waals surface area (Å²) in [5.74, 6) is 0.866. The van der Waals surface area contributed by atoms with Gasteiger partial charge in [0.15, 0.2) is 0 Å². The molecule has 162 valence electrons. The molecule has 28 heavy (non-hydrogen) atoms. The van der Waals surface area contributed by atoms with Crippen LogP contribution in [-0.4, -0.2) is 49.5 Å². The highest BCUT2D eigenvalue weighted by Crippen LogP contribution is 2.57. The molecule has 6 nitrogen and oxygen atoms in total. The van der Waals surface area contributed by atoms with E-state index in [1.165, 1.54) is 0 Å². The Morgan fingerprint density at radius 3 is 2.39 bits per heavy atom. The van der Waals surface area contributed by atoms with Crippen LogP contribution in [0.5, 0.6) is 0 Å². The largest absolute Gasteiger partial charge is 0.466 e. The van der Waals surface area contributed by atoms with E-state index in [0.29, 0.717) is 37.5 Å². The first-order valence-corrected chi connectivity index (χ1v) is 11.1. The monoisotopic (exact) mass is 397 g/mol. The number of unbranched alkanes of at least 4 members (excludes halogenated alkanes) is 2. The molecule has 0 heterocycles. The van der Waals surface area contributed by atoms with Gasteiger partial charge in [-0.2, -0.15) is 0 Å². The second-order valence-electron chi connectivity index (χ2n) is 8.96. The lowest BCUT2D eigenvalue weighted by Gasteiger charge is -2.37. The van der Waals surface area contributed by atoms with Crippen molar-refractivity contribution in [3.8, 4) is 0 Å². The minimum atomic E-state index is -0.657. The summed E-state index contributed by atoms with van der Waals surface area (Å²) in [7, 11) is 0. The van der Waals surface area contributed by atoms with Gasteiger partial charge in [-0.25, -0.2) is 0 Å². The van der Waals surface area contributed by atoms with Crippen molar-refractivity contribution in [2.75, 3.05) is 26.4 Å². The van der Waals surface area contributed by atoms with E-state index in [4.69, 9.17) is 9.47 Å². The van der Waals surface area contributed by atoms with E-state index in [1.807, 2.05) is 13.8 Å². The molecule has 2 bridgehead atoms. The molecule has 0 spiro atoms. The smallest absolute Gasteiger partial charge is 0.323 e. The van der Waals surface area contributed by atoms with E-state index in [2.05, 4.69) is 12.2 Å². The number of fused-ring (bicyclic) bond motifs is 2. The molecule has 0 amide bonds. The van der Waals surface area contributed by atoms with Crippen LogP contribution < -0.4 is 5.32 Å². The van der Waals surface area contributed by atoms with Gasteiger partial charge in [0.2, 0.25) is 0 Å². The third-order valence-electron chi connectivity index (χ3n) is 6.70. The van der Waals surface area contributed by atoms with E-state index in [-0.39, 0.29) is 30.4 Å². The Morgan fingerprint density at radius 1 is 1.14 bits per heavy atom. The number of aliphatic hydroxyl groups excluding tert-OH is 1. The van der Waals surface area contributed by atoms with Crippen molar-refractivity contribution in [2.45, 2.75) is 78.2 Å². The summed E-state index contributed by atoms with van der Waals surface area (Å²) >= 11 is 0. The highest BCUT2D eigenvalue weighted by molar-refractivity contribution is 5.82. The fraction of sp³-hybridized carbons (Fsp3) is 0.909. The number of hydrogen-bond donors (Lipinski definition) is 2. The van der Waals surface area contributed by atoms with E-state index in [0.717, 1.165) is 44.9 Å². The summed E-state index contributed by atoms with van der Waals surface area (Å²) in [4.78, 5) is 24.7. The van der Waals surface area contributed by atoms with Crippen molar-refractivity contribution in [3.63, 3.8) is 0 Å². The maximum absolute atomic E-state index is 12.5. The number of carbonyl (C=O) groups excluding carboxylic acids is 2. The summed E-state index contributed by atoms with van der Waals surface area (Å²) in [5.41, 5.74) is 0.102. The van der Waals surface area contributed by atoms with Crippen molar-refractivity contribution < 1.29 is 24.2 Å². The molecule has 2 saturated carbocycles. The Hall–Kier alpha value is -1.14. The maximum atomic E-state index is 12.5. The highest BCUT2D eigenvalue weighted by Gasteiger charge is 2.52. The third-order valence-corrected chi connectivity index (χ3v) is 6.70. The minimum absolute atomic E-state index is 0.0120. The second-order valence-corrected chi connectivity index (χ2v) is 8.96. The van der Waals surface area contributed by atoms with E-state index < -0.39 is 6.04 Å². The molecule has 2 rings (SSSR count). The standard InChI is InChI=1S/C22H39NO5/c1-4-6-8-27-20(25)12-19(21(26)28-9-7-5-2)23-15-22(3)13-16-10-18(22)11-17(16)14-24/h16-19,23-24H,4-15H2,1-3H3. The summed E-state index contributed by atoms with van der Waals surface area (Å²) < 4.78 is 10.6. The lowest BCUT2D eigenvalue weighted by molar-refractivity contribution is -0.153. The average Bonchev–Trinajstić information content (AvgIpc) is 3.22. The van der Waals surface area contributed by atoms with E-state index in [9.17, 15) is 14.7 Å². The van der Waals surface area contributed by atoms with Gasteiger partial charge in [0.1, 0.15) is 6.04 Å². The predicted molar refractivity (Wildman–Crippen MR) is 108 cm³/mol. The molecule has 5 atom stereocenters. The zero-order valence-corrected chi connectivity index (χ0v) is 17.9. The van der Waals surface area contributed by atoms with Crippen molar-refractivity contribution in [1.29, 1.82) is 0 Å². The van der Waals surface area contributed by atoms with Crippen LogP contribution in [0.1, 0.15) is 72.1 Å². The van der Waals surface area contributed by atoms with E-state index in [1.54, 1.807) is 0 Å². The van der Waals surface area contributed by atoms with Gasteiger partial charge < -0.3 is 19.9 Å². The predicted octanol–water partition coefficient (Wildman–Crippen LogP) is 3.07. The SMILES string of the molecule is CCCCOC(=O)CC(NCC1(C)CC2CC1CC2CO)C(=O)OCCCC. The molecular formula is C22H39NO5. The maximum Gasteiger partial charge on any atom is 0.323 e. The lowest BCUT2D eigenvalue weighted by Crippen LogP contribution is -2.47. The van der Waals surface area contributed by atoms with Crippen molar-refractivity contribution >= 4 is 11.9 Å². The van der Waals surface area contributed by atoms with Gasteiger partial charge in [-0.15, -0.1) is 0 Å². The van der Waals surface area contributed by atoms with Crippen LogP contribution >= 0.6 is 0 Å². The average molecular weight is 398 g/mol. The quantitative estimate of drug-likeness (QED) is 0.367. The number of carbonyl (C=O) groups is 2.